The number of hydrogen-bond donors (Lipinski definition) is 2. The summed E-state index contributed by atoms with van der Waals surface area (Å²) < 4.78 is 13.0. The number of primary amides is 1. The lowest BCUT2D eigenvalue weighted by molar-refractivity contribution is -0.119. The smallest absolute Gasteiger partial charge is 0.236 e. The molecule has 0 saturated carbocycles. The monoisotopic (exact) mass is 225 g/mol. The van der Waals surface area contributed by atoms with Crippen molar-refractivity contribution in [2.45, 2.75) is 13.0 Å². The topological polar surface area (TPSA) is 72.3 Å². The van der Waals surface area contributed by atoms with Gasteiger partial charge >= 0.3 is 0 Å². The standard InChI is InChI=1S/C11H16FN3O/c1-2-15(7-10(13)11(14)16)9-5-3-4-8(12)6-9/h3-6,10H,2,7,13H2,1H3,(H2,14,16). The highest BCUT2D eigenvalue weighted by Crippen LogP contribution is 2.15. The number of halogens is 1. The number of benzene rings is 1. The Morgan fingerprint density at radius 2 is 2.25 bits per heavy atom. The van der Waals surface area contributed by atoms with Crippen molar-refractivity contribution >= 4 is 11.6 Å². The third-order valence-corrected chi connectivity index (χ3v) is 2.34. The highest BCUT2D eigenvalue weighted by atomic mass is 19.1. The number of rotatable bonds is 5. The van der Waals surface area contributed by atoms with Crippen LogP contribution >= 0.6 is 0 Å². The quantitative estimate of drug-likeness (QED) is 0.765. The zero-order valence-corrected chi connectivity index (χ0v) is 9.19. The normalized spacial score (nSPS) is 12.2. The molecule has 1 atom stereocenters. The van der Waals surface area contributed by atoms with Crippen LogP contribution < -0.4 is 16.4 Å². The summed E-state index contributed by atoms with van der Waals surface area (Å²) in [4.78, 5) is 12.6. The second kappa shape index (κ2) is 5.46. The maximum atomic E-state index is 13.0. The Balaban J connectivity index is 2.78. The minimum atomic E-state index is -0.747. The van der Waals surface area contributed by atoms with Gasteiger partial charge in [0.25, 0.3) is 0 Å². The lowest BCUT2D eigenvalue weighted by Crippen LogP contribution is -2.46. The van der Waals surface area contributed by atoms with E-state index in [0.717, 1.165) is 0 Å². The van der Waals surface area contributed by atoms with Gasteiger partial charge in [0.1, 0.15) is 11.9 Å². The van der Waals surface area contributed by atoms with Gasteiger partial charge in [0.2, 0.25) is 5.91 Å². The zero-order chi connectivity index (χ0) is 12.1. The number of anilines is 1. The molecule has 16 heavy (non-hydrogen) atoms. The fourth-order valence-corrected chi connectivity index (χ4v) is 1.42. The second-order valence-corrected chi connectivity index (χ2v) is 3.53. The molecule has 0 bridgehead atoms. The first-order valence-corrected chi connectivity index (χ1v) is 5.10. The van der Waals surface area contributed by atoms with Crippen LogP contribution in [-0.2, 0) is 4.79 Å². The van der Waals surface area contributed by atoms with Crippen molar-refractivity contribution < 1.29 is 9.18 Å². The van der Waals surface area contributed by atoms with E-state index >= 15 is 0 Å². The third-order valence-electron chi connectivity index (χ3n) is 2.34. The van der Waals surface area contributed by atoms with Crippen molar-refractivity contribution in [2.75, 3.05) is 18.0 Å². The molecule has 0 aliphatic rings. The van der Waals surface area contributed by atoms with Crippen molar-refractivity contribution in [3.05, 3.63) is 30.1 Å². The molecule has 1 amide bonds. The summed E-state index contributed by atoms with van der Waals surface area (Å²) in [6, 6.07) is 5.40. The predicted octanol–water partition coefficient (Wildman–Crippen LogP) is 0.465. The number of carbonyl (C=O) groups excluding carboxylic acids is 1. The van der Waals surface area contributed by atoms with E-state index in [2.05, 4.69) is 0 Å². The molecule has 0 aromatic heterocycles. The van der Waals surface area contributed by atoms with Crippen molar-refractivity contribution in [1.82, 2.24) is 0 Å². The van der Waals surface area contributed by atoms with Crippen molar-refractivity contribution in [1.29, 1.82) is 0 Å². The van der Waals surface area contributed by atoms with E-state index in [1.165, 1.54) is 12.1 Å². The molecule has 5 heteroatoms. The maximum Gasteiger partial charge on any atom is 0.236 e. The van der Waals surface area contributed by atoms with Crippen LogP contribution in [0.1, 0.15) is 6.92 Å². The Morgan fingerprint density at radius 3 is 2.75 bits per heavy atom. The SMILES string of the molecule is CCN(CC(N)C(N)=O)c1cccc(F)c1. The molecule has 0 spiro atoms. The zero-order valence-electron chi connectivity index (χ0n) is 9.19. The molecule has 4 N–H and O–H groups in total. The number of amides is 1. The summed E-state index contributed by atoms with van der Waals surface area (Å²) in [6.45, 7) is 2.82. The second-order valence-electron chi connectivity index (χ2n) is 3.53. The molecule has 1 unspecified atom stereocenters. The lowest BCUT2D eigenvalue weighted by atomic mass is 10.2. The molecule has 1 aromatic rings. The number of carbonyl (C=O) groups is 1. The summed E-state index contributed by atoms with van der Waals surface area (Å²) in [5.41, 5.74) is 11.3. The molecule has 4 nitrogen and oxygen atoms in total. The number of nitrogens with zero attached hydrogens (tertiary/aromatic N) is 1. The number of likely N-dealkylation sites (N-methyl/N-ethyl adjacent to an activating group) is 1. The highest BCUT2D eigenvalue weighted by Gasteiger charge is 2.14. The van der Waals surface area contributed by atoms with Crippen LogP contribution in [0.3, 0.4) is 0 Å². The average Bonchev–Trinajstić information content (AvgIpc) is 2.25. The van der Waals surface area contributed by atoms with Crippen LogP contribution in [0.5, 0.6) is 0 Å². The molecule has 1 aromatic carbocycles. The first-order chi connectivity index (χ1) is 7.54. The molecule has 0 aliphatic carbocycles. The maximum absolute atomic E-state index is 13.0. The van der Waals surface area contributed by atoms with Gasteiger partial charge in [0.15, 0.2) is 0 Å². The van der Waals surface area contributed by atoms with Gasteiger partial charge in [-0.3, -0.25) is 4.79 Å². The molecular formula is C11H16FN3O. The van der Waals surface area contributed by atoms with Crippen LogP contribution in [0.4, 0.5) is 10.1 Å². The molecule has 88 valence electrons. The van der Waals surface area contributed by atoms with Crippen molar-refractivity contribution in [3.8, 4) is 0 Å². The number of nitrogens with two attached hydrogens (primary N) is 2. The molecular weight excluding hydrogens is 209 g/mol. The van der Waals surface area contributed by atoms with Crippen molar-refractivity contribution in [3.63, 3.8) is 0 Å². The van der Waals surface area contributed by atoms with Crippen LogP contribution in [0.15, 0.2) is 24.3 Å². The Bertz CT molecular complexity index is 370. The van der Waals surface area contributed by atoms with Gasteiger partial charge in [-0.05, 0) is 25.1 Å². The van der Waals surface area contributed by atoms with Gasteiger partial charge in [0.05, 0.1) is 0 Å². The van der Waals surface area contributed by atoms with Crippen LogP contribution in [0.25, 0.3) is 0 Å². The van der Waals surface area contributed by atoms with E-state index < -0.39 is 11.9 Å². The van der Waals surface area contributed by atoms with Crippen LogP contribution in [0, 0.1) is 5.82 Å². The molecule has 0 saturated heterocycles. The Labute approximate surface area is 94.0 Å². The first kappa shape index (κ1) is 12.4. The molecule has 0 radical (unpaired) electrons. The summed E-state index contributed by atoms with van der Waals surface area (Å²) in [5.74, 6) is -0.876. The van der Waals surface area contributed by atoms with Gasteiger partial charge in [0, 0.05) is 18.8 Å². The van der Waals surface area contributed by atoms with Gasteiger partial charge in [-0.15, -0.1) is 0 Å². The largest absolute Gasteiger partial charge is 0.370 e. The predicted molar refractivity (Wildman–Crippen MR) is 61.5 cm³/mol. The van der Waals surface area contributed by atoms with E-state index in [-0.39, 0.29) is 12.4 Å². The van der Waals surface area contributed by atoms with Gasteiger partial charge in [-0.2, -0.15) is 0 Å². The Hall–Kier alpha value is -1.62. The van der Waals surface area contributed by atoms with E-state index in [4.69, 9.17) is 11.5 Å². The molecule has 0 heterocycles. The summed E-state index contributed by atoms with van der Waals surface area (Å²) >= 11 is 0. The van der Waals surface area contributed by atoms with Gasteiger partial charge in [-0.25, -0.2) is 4.39 Å². The van der Waals surface area contributed by atoms with E-state index in [0.29, 0.717) is 12.2 Å². The lowest BCUT2D eigenvalue weighted by Gasteiger charge is -2.25. The van der Waals surface area contributed by atoms with E-state index in [1.54, 1.807) is 17.0 Å². The Kier molecular flexibility index (Phi) is 4.25. The third kappa shape index (κ3) is 3.20. The highest BCUT2D eigenvalue weighted by molar-refractivity contribution is 5.80. The minimum absolute atomic E-state index is 0.287. The number of hydrogen-bond acceptors (Lipinski definition) is 3. The van der Waals surface area contributed by atoms with Crippen LogP contribution in [0.2, 0.25) is 0 Å². The molecule has 0 aliphatic heterocycles. The Morgan fingerprint density at radius 1 is 1.56 bits per heavy atom. The fraction of sp³-hybridized carbons (Fsp3) is 0.364. The van der Waals surface area contributed by atoms with Crippen LogP contribution in [-0.4, -0.2) is 25.0 Å². The summed E-state index contributed by atoms with van der Waals surface area (Å²) in [6.07, 6.45) is 0. The van der Waals surface area contributed by atoms with Gasteiger partial charge < -0.3 is 16.4 Å². The molecule has 0 fully saturated rings. The minimum Gasteiger partial charge on any atom is -0.370 e. The first-order valence-electron chi connectivity index (χ1n) is 5.10. The molecule has 1 rings (SSSR count). The average molecular weight is 225 g/mol. The van der Waals surface area contributed by atoms with Gasteiger partial charge in [-0.1, -0.05) is 6.07 Å². The summed E-state index contributed by atoms with van der Waals surface area (Å²) in [5, 5.41) is 0. The van der Waals surface area contributed by atoms with Crippen molar-refractivity contribution in [2.24, 2.45) is 11.5 Å². The van der Waals surface area contributed by atoms with E-state index in [9.17, 15) is 9.18 Å². The summed E-state index contributed by atoms with van der Waals surface area (Å²) in [7, 11) is 0. The van der Waals surface area contributed by atoms with E-state index in [1.807, 2.05) is 6.92 Å². The fourth-order valence-electron chi connectivity index (χ4n) is 1.42.